The van der Waals surface area contributed by atoms with Crippen molar-refractivity contribution in [2.75, 3.05) is 19.7 Å². The van der Waals surface area contributed by atoms with E-state index in [-0.39, 0.29) is 6.61 Å². The molecule has 2 atom stereocenters. The number of rotatable bonds is 10. The number of carbonyl (C=O) groups is 1. The van der Waals surface area contributed by atoms with E-state index in [1.165, 1.54) is 0 Å². The Balaban J connectivity index is 1.26. The molecular formula is C26H29N3O3. The quantitative estimate of drug-likeness (QED) is 0.308. The van der Waals surface area contributed by atoms with E-state index in [4.69, 9.17) is 10.5 Å². The Kier molecular flexibility index (Phi) is 6.73. The molecule has 0 aliphatic carbocycles. The summed E-state index contributed by atoms with van der Waals surface area (Å²) in [4.78, 5) is 14.6. The third-order valence-corrected chi connectivity index (χ3v) is 5.62. The molecule has 1 amide bonds. The van der Waals surface area contributed by atoms with Gasteiger partial charge in [-0.15, -0.1) is 0 Å². The molecule has 4 aromatic rings. The van der Waals surface area contributed by atoms with Gasteiger partial charge in [0.15, 0.2) is 0 Å². The summed E-state index contributed by atoms with van der Waals surface area (Å²) in [6, 6.07) is 21.4. The molecule has 2 unspecified atom stereocenters. The molecular weight excluding hydrogens is 402 g/mol. The summed E-state index contributed by atoms with van der Waals surface area (Å²) < 4.78 is 5.98. The Morgan fingerprint density at radius 2 is 1.78 bits per heavy atom. The van der Waals surface area contributed by atoms with Crippen molar-refractivity contribution in [1.29, 1.82) is 0 Å². The van der Waals surface area contributed by atoms with Crippen LogP contribution < -0.4 is 15.8 Å². The van der Waals surface area contributed by atoms with Gasteiger partial charge in [0.2, 0.25) is 5.91 Å². The van der Waals surface area contributed by atoms with Crippen LogP contribution in [0.4, 0.5) is 0 Å². The zero-order valence-corrected chi connectivity index (χ0v) is 18.2. The molecule has 6 heteroatoms. The second-order valence-electron chi connectivity index (χ2n) is 8.34. The Morgan fingerprint density at radius 3 is 2.56 bits per heavy atom. The number of ether oxygens (including phenoxy) is 1. The number of para-hydroxylation sites is 1. The highest BCUT2D eigenvalue weighted by Crippen LogP contribution is 2.32. The van der Waals surface area contributed by atoms with Crippen LogP contribution in [0.5, 0.6) is 5.75 Å². The van der Waals surface area contributed by atoms with Crippen LogP contribution in [0.25, 0.3) is 21.8 Å². The fourth-order valence-corrected chi connectivity index (χ4v) is 4.01. The lowest BCUT2D eigenvalue weighted by molar-refractivity contribution is 0.1000. The monoisotopic (exact) mass is 431 g/mol. The third kappa shape index (κ3) is 5.10. The number of benzene rings is 3. The molecule has 1 aromatic heterocycles. The summed E-state index contributed by atoms with van der Waals surface area (Å²) in [5, 5.41) is 15.9. The minimum absolute atomic E-state index is 0.217. The second-order valence-corrected chi connectivity index (χ2v) is 8.34. The normalized spacial score (nSPS) is 13.3. The Bertz CT molecular complexity index is 1200. The molecule has 1 heterocycles. The molecule has 0 spiro atoms. The van der Waals surface area contributed by atoms with Crippen LogP contribution >= 0.6 is 0 Å². The first-order valence-electron chi connectivity index (χ1n) is 10.9. The number of aliphatic hydroxyl groups excluding tert-OH is 1. The molecule has 3 aromatic carbocycles. The molecule has 4 rings (SSSR count). The number of hydrogen-bond acceptors (Lipinski definition) is 4. The fourth-order valence-electron chi connectivity index (χ4n) is 4.01. The number of aliphatic hydroxyl groups is 1. The third-order valence-electron chi connectivity index (χ3n) is 5.62. The van der Waals surface area contributed by atoms with Crippen molar-refractivity contribution in [3.05, 3.63) is 77.9 Å². The molecule has 0 bridgehead atoms. The van der Waals surface area contributed by atoms with Gasteiger partial charge in [-0.05, 0) is 54.8 Å². The summed E-state index contributed by atoms with van der Waals surface area (Å²) in [7, 11) is 0. The van der Waals surface area contributed by atoms with Gasteiger partial charge in [-0.2, -0.15) is 0 Å². The van der Waals surface area contributed by atoms with Crippen LogP contribution in [0, 0.1) is 5.92 Å². The summed E-state index contributed by atoms with van der Waals surface area (Å²) in [6.07, 6.45) is 0.263. The van der Waals surface area contributed by atoms with E-state index < -0.39 is 12.0 Å². The molecule has 0 saturated carbocycles. The minimum Gasteiger partial charge on any atom is -0.490 e. The molecule has 0 radical (unpaired) electrons. The second kappa shape index (κ2) is 9.85. The predicted molar refractivity (Wildman–Crippen MR) is 128 cm³/mol. The molecule has 0 fully saturated rings. The van der Waals surface area contributed by atoms with Gasteiger partial charge in [0.1, 0.15) is 18.5 Å². The topological polar surface area (TPSA) is 100 Å². The van der Waals surface area contributed by atoms with Crippen LogP contribution in [0.2, 0.25) is 0 Å². The van der Waals surface area contributed by atoms with E-state index in [0.717, 1.165) is 46.1 Å². The molecule has 0 aliphatic rings. The number of aromatic nitrogens is 1. The van der Waals surface area contributed by atoms with E-state index in [2.05, 4.69) is 23.3 Å². The lowest BCUT2D eigenvalue weighted by atomic mass is 10.00. The number of fused-ring (bicyclic) bond motifs is 3. The van der Waals surface area contributed by atoms with Gasteiger partial charge >= 0.3 is 0 Å². The number of aromatic amines is 1. The SMILES string of the molecule is CC(CNCC(O)COc1cccc2[nH]c3ccccc3c12)Cc1ccc(C(N)=O)cc1. The van der Waals surface area contributed by atoms with E-state index in [1.54, 1.807) is 12.1 Å². The first-order chi connectivity index (χ1) is 15.5. The van der Waals surface area contributed by atoms with E-state index in [0.29, 0.717) is 18.0 Å². The standard InChI is InChI=1S/C26H29N3O3/c1-17(13-18-9-11-19(12-10-18)26(27)31)14-28-15-20(30)16-32-24-8-4-7-23-25(24)21-5-2-3-6-22(21)29-23/h2-12,17,20,28-30H,13-16H2,1H3,(H2,27,31). The molecule has 32 heavy (non-hydrogen) atoms. The molecule has 0 saturated heterocycles. The summed E-state index contributed by atoms with van der Waals surface area (Å²) >= 11 is 0. The van der Waals surface area contributed by atoms with Crippen LogP contribution in [0.3, 0.4) is 0 Å². The van der Waals surface area contributed by atoms with Gasteiger partial charge in [-0.25, -0.2) is 0 Å². The fraction of sp³-hybridized carbons (Fsp3) is 0.269. The van der Waals surface area contributed by atoms with Gasteiger partial charge in [-0.3, -0.25) is 4.79 Å². The number of hydrogen-bond donors (Lipinski definition) is 4. The van der Waals surface area contributed by atoms with Crippen molar-refractivity contribution in [2.45, 2.75) is 19.4 Å². The molecule has 166 valence electrons. The van der Waals surface area contributed by atoms with Crippen molar-refractivity contribution in [3.8, 4) is 5.75 Å². The van der Waals surface area contributed by atoms with Gasteiger partial charge in [0.25, 0.3) is 0 Å². The lowest BCUT2D eigenvalue weighted by Gasteiger charge is -2.17. The summed E-state index contributed by atoms with van der Waals surface area (Å²) in [5.41, 5.74) is 9.05. The van der Waals surface area contributed by atoms with Crippen LogP contribution in [0.1, 0.15) is 22.8 Å². The van der Waals surface area contributed by atoms with Gasteiger partial charge < -0.3 is 25.9 Å². The number of amides is 1. The largest absolute Gasteiger partial charge is 0.490 e. The maximum absolute atomic E-state index is 11.2. The smallest absolute Gasteiger partial charge is 0.248 e. The predicted octanol–water partition coefficient (Wildman–Crippen LogP) is 3.63. The number of H-pyrrole nitrogens is 1. The first kappa shape index (κ1) is 21.9. The highest BCUT2D eigenvalue weighted by atomic mass is 16.5. The van der Waals surface area contributed by atoms with E-state index >= 15 is 0 Å². The van der Waals surface area contributed by atoms with Crippen molar-refractivity contribution in [3.63, 3.8) is 0 Å². The number of nitrogens with one attached hydrogen (secondary N) is 2. The van der Waals surface area contributed by atoms with Crippen molar-refractivity contribution in [2.24, 2.45) is 11.7 Å². The average molecular weight is 432 g/mol. The first-order valence-corrected chi connectivity index (χ1v) is 10.9. The zero-order valence-electron chi connectivity index (χ0n) is 18.2. The maximum atomic E-state index is 11.2. The Morgan fingerprint density at radius 1 is 1.03 bits per heavy atom. The van der Waals surface area contributed by atoms with Crippen molar-refractivity contribution >= 4 is 27.7 Å². The molecule has 5 N–H and O–H groups in total. The van der Waals surface area contributed by atoms with Crippen LogP contribution in [0.15, 0.2) is 66.7 Å². The van der Waals surface area contributed by atoms with E-state index in [9.17, 15) is 9.90 Å². The summed E-state index contributed by atoms with van der Waals surface area (Å²) in [6.45, 7) is 3.59. The van der Waals surface area contributed by atoms with Gasteiger partial charge in [0.05, 0.1) is 5.52 Å². The van der Waals surface area contributed by atoms with E-state index in [1.807, 2.05) is 48.5 Å². The van der Waals surface area contributed by atoms with Crippen molar-refractivity contribution < 1.29 is 14.6 Å². The van der Waals surface area contributed by atoms with Crippen molar-refractivity contribution in [1.82, 2.24) is 10.3 Å². The Hall–Kier alpha value is -3.35. The zero-order chi connectivity index (χ0) is 22.5. The van der Waals surface area contributed by atoms with Crippen LogP contribution in [-0.4, -0.2) is 41.8 Å². The minimum atomic E-state index is -0.613. The number of primary amides is 1. The maximum Gasteiger partial charge on any atom is 0.248 e. The molecule has 0 aliphatic heterocycles. The van der Waals surface area contributed by atoms with Gasteiger partial charge in [0, 0.05) is 28.4 Å². The lowest BCUT2D eigenvalue weighted by Crippen LogP contribution is -2.34. The highest BCUT2D eigenvalue weighted by molar-refractivity contribution is 6.10. The number of nitrogens with two attached hydrogens (primary N) is 1. The molecule has 6 nitrogen and oxygen atoms in total. The highest BCUT2D eigenvalue weighted by Gasteiger charge is 2.12. The summed E-state index contributed by atoms with van der Waals surface area (Å²) in [5.74, 6) is 0.734. The number of carbonyl (C=O) groups excluding carboxylic acids is 1. The van der Waals surface area contributed by atoms with Gasteiger partial charge in [-0.1, -0.05) is 43.3 Å². The van der Waals surface area contributed by atoms with Crippen LogP contribution in [-0.2, 0) is 6.42 Å². The Labute approximate surface area is 187 Å². The average Bonchev–Trinajstić information content (AvgIpc) is 3.17.